The van der Waals surface area contributed by atoms with E-state index in [4.69, 9.17) is 4.74 Å². The number of nitrogens with zero attached hydrogens (tertiary/aromatic N) is 2. The second-order valence-corrected chi connectivity index (χ2v) is 5.42. The predicted octanol–water partition coefficient (Wildman–Crippen LogP) is 1.86. The van der Waals surface area contributed by atoms with Gasteiger partial charge >= 0.3 is 0 Å². The van der Waals surface area contributed by atoms with Gasteiger partial charge in [0.25, 0.3) is 5.56 Å². The third-order valence-electron chi connectivity index (χ3n) is 3.38. The molecule has 1 heterocycles. The molecule has 0 spiro atoms. The quantitative estimate of drug-likeness (QED) is 0.678. The molecule has 0 aliphatic carbocycles. The molecule has 0 saturated carbocycles. The normalized spacial score (nSPS) is 10.3. The molecule has 0 radical (unpaired) electrons. The minimum atomic E-state index is -0.346. The Labute approximate surface area is 146 Å². The molecule has 0 unspecified atom stereocenters. The Balaban J connectivity index is 2.07. The number of amides is 1. The fourth-order valence-electron chi connectivity index (χ4n) is 2.11. The average molecular weight is 342 g/mol. The third-order valence-corrected chi connectivity index (χ3v) is 3.38. The van der Waals surface area contributed by atoms with Crippen molar-refractivity contribution in [1.82, 2.24) is 20.5 Å². The van der Waals surface area contributed by atoms with Gasteiger partial charge in [0, 0.05) is 24.9 Å². The van der Waals surface area contributed by atoms with Crippen molar-refractivity contribution in [2.24, 2.45) is 0 Å². The number of hydrogen-bond acceptors (Lipinski definition) is 5. The van der Waals surface area contributed by atoms with Gasteiger partial charge in [-0.05, 0) is 18.6 Å². The Morgan fingerprint density at radius 1 is 1.40 bits per heavy atom. The van der Waals surface area contributed by atoms with Crippen LogP contribution in [-0.2, 0) is 11.2 Å². The van der Waals surface area contributed by atoms with Crippen LogP contribution in [0.4, 0.5) is 0 Å². The smallest absolute Gasteiger partial charge is 0.273 e. The molecule has 132 valence electrons. The highest BCUT2D eigenvalue weighted by molar-refractivity contribution is 5.76. The van der Waals surface area contributed by atoms with E-state index in [0.29, 0.717) is 30.3 Å². The Hall–Kier alpha value is -2.96. The molecule has 2 N–H and O–H groups in total. The van der Waals surface area contributed by atoms with Gasteiger partial charge in [-0.2, -0.15) is 0 Å². The Kier molecular flexibility index (Phi) is 6.88. The third kappa shape index (κ3) is 5.56. The topological polar surface area (TPSA) is 97.0 Å². The summed E-state index contributed by atoms with van der Waals surface area (Å²) in [4.78, 5) is 26.4. The summed E-state index contributed by atoms with van der Waals surface area (Å²) < 4.78 is 5.58. The van der Waals surface area contributed by atoms with Crippen LogP contribution < -0.4 is 15.6 Å². The molecule has 1 aromatic heterocycles. The van der Waals surface area contributed by atoms with Crippen molar-refractivity contribution < 1.29 is 9.53 Å². The van der Waals surface area contributed by atoms with Crippen LogP contribution in [-0.4, -0.2) is 34.2 Å². The van der Waals surface area contributed by atoms with Gasteiger partial charge in [0.1, 0.15) is 11.4 Å². The van der Waals surface area contributed by atoms with Gasteiger partial charge in [-0.1, -0.05) is 25.1 Å². The highest BCUT2D eigenvalue weighted by Gasteiger charge is 2.09. The van der Waals surface area contributed by atoms with Gasteiger partial charge in [0.05, 0.1) is 6.61 Å². The van der Waals surface area contributed by atoms with Crippen LogP contribution in [0.5, 0.6) is 5.75 Å². The Morgan fingerprint density at radius 3 is 2.96 bits per heavy atom. The highest BCUT2D eigenvalue weighted by atomic mass is 16.5. The van der Waals surface area contributed by atoms with Crippen LogP contribution in [0, 0.1) is 0 Å². The van der Waals surface area contributed by atoms with E-state index in [-0.39, 0.29) is 30.0 Å². The molecule has 0 aliphatic rings. The zero-order chi connectivity index (χ0) is 18.1. The molecule has 0 atom stereocenters. The average Bonchev–Trinajstić information content (AvgIpc) is 2.63. The number of carbonyl (C=O) groups is 1. The molecule has 2 rings (SSSR count). The minimum Gasteiger partial charge on any atom is -0.494 e. The van der Waals surface area contributed by atoms with E-state index in [2.05, 4.69) is 27.1 Å². The number of nitrogens with one attached hydrogen (secondary N) is 2. The van der Waals surface area contributed by atoms with E-state index in [1.807, 2.05) is 25.1 Å². The van der Waals surface area contributed by atoms with Gasteiger partial charge < -0.3 is 15.0 Å². The molecule has 25 heavy (non-hydrogen) atoms. The highest BCUT2D eigenvalue weighted by Crippen LogP contribution is 2.20. The summed E-state index contributed by atoms with van der Waals surface area (Å²) in [6, 6.07) is 7.30. The van der Waals surface area contributed by atoms with Gasteiger partial charge in [-0.15, -0.1) is 16.8 Å². The van der Waals surface area contributed by atoms with Gasteiger partial charge in [0.2, 0.25) is 5.91 Å². The van der Waals surface area contributed by atoms with Crippen LogP contribution in [0.25, 0.3) is 11.4 Å². The lowest BCUT2D eigenvalue weighted by Crippen LogP contribution is -2.25. The fraction of sp³-hybridized carbons (Fsp3) is 0.333. The minimum absolute atomic E-state index is 0.161. The number of H-pyrrole nitrogens is 1. The molecule has 0 saturated heterocycles. The summed E-state index contributed by atoms with van der Waals surface area (Å²) in [5.74, 6) is 0.919. The van der Waals surface area contributed by atoms with Crippen LogP contribution in [0.2, 0.25) is 0 Å². The molecular weight excluding hydrogens is 320 g/mol. The molecule has 1 aromatic carbocycles. The van der Waals surface area contributed by atoms with Crippen LogP contribution in [0.15, 0.2) is 41.7 Å². The van der Waals surface area contributed by atoms with Crippen LogP contribution >= 0.6 is 0 Å². The van der Waals surface area contributed by atoms with Gasteiger partial charge in [0.15, 0.2) is 5.82 Å². The Bertz CT molecular complexity index is 786. The van der Waals surface area contributed by atoms with Crippen molar-refractivity contribution in [3.05, 3.63) is 53.0 Å². The number of aryl methyl sites for hydroxylation is 1. The lowest BCUT2D eigenvalue weighted by atomic mass is 10.2. The maximum absolute atomic E-state index is 12.2. The zero-order valence-electron chi connectivity index (χ0n) is 14.2. The maximum Gasteiger partial charge on any atom is 0.273 e. The zero-order valence-corrected chi connectivity index (χ0v) is 14.2. The van der Waals surface area contributed by atoms with Gasteiger partial charge in [-0.25, -0.2) is 0 Å². The number of ether oxygens (including phenoxy) is 1. The van der Waals surface area contributed by atoms with E-state index in [9.17, 15) is 9.59 Å². The summed E-state index contributed by atoms with van der Waals surface area (Å²) in [5.41, 5.74) is 0.603. The lowest BCUT2D eigenvalue weighted by Gasteiger charge is -2.07. The summed E-state index contributed by atoms with van der Waals surface area (Å²) in [5, 5.41) is 10.7. The number of aromatic nitrogens is 3. The van der Waals surface area contributed by atoms with Crippen molar-refractivity contribution in [1.29, 1.82) is 0 Å². The first kappa shape index (κ1) is 18.4. The number of carbonyl (C=O) groups excluding carboxylic acids is 1. The van der Waals surface area contributed by atoms with E-state index in [0.717, 1.165) is 6.42 Å². The monoisotopic (exact) mass is 342 g/mol. The maximum atomic E-state index is 12.2. The summed E-state index contributed by atoms with van der Waals surface area (Å²) >= 11 is 0. The second kappa shape index (κ2) is 9.36. The molecule has 7 heteroatoms. The summed E-state index contributed by atoms with van der Waals surface area (Å²) in [6.07, 6.45) is 2.91. The molecule has 7 nitrogen and oxygen atoms in total. The van der Waals surface area contributed by atoms with Gasteiger partial charge in [-0.3, -0.25) is 9.59 Å². The standard InChI is InChI=1S/C18H22N4O3/c1-3-10-19-16(23)9-8-15-18(24)20-17(22-21-15)13-6-5-7-14(12-13)25-11-4-2/h3,5-7,12H,1,4,8-11H2,2H3,(H,19,23)(H,20,22,24). The van der Waals surface area contributed by atoms with Crippen LogP contribution in [0.1, 0.15) is 25.5 Å². The van der Waals surface area contributed by atoms with Crippen molar-refractivity contribution in [2.45, 2.75) is 26.2 Å². The number of benzene rings is 1. The summed E-state index contributed by atoms with van der Waals surface area (Å²) in [6.45, 7) is 6.58. The molecule has 0 aliphatic heterocycles. The second-order valence-electron chi connectivity index (χ2n) is 5.42. The van der Waals surface area contributed by atoms with Crippen molar-refractivity contribution in [2.75, 3.05) is 13.2 Å². The predicted molar refractivity (Wildman–Crippen MR) is 95.4 cm³/mol. The van der Waals surface area contributed by atoms with Crippen molar-refractivity contribution in [3.63, 3.8) is 0 Å². The molecule has 1 amide bonds. The first-order valence-corrected chi connectivity index (χ1v) is 8.20. The molecule has 0 bridgehead atoms. The van der Waals surface area contributed by atoms with E-state index < -0.39 is 0 Å². The fourth-order valence-corrected chi connectivity index (χ4v) is 2.11. The molecule has 0 fully saturated rings. The Morgan fingerprint density at radius 2 is 2.24 bits per heavy atom. The SMILES string of the molecule is C=CCNC(=O)CCc1nnc(-c2cccc(OCCC)c2)[nH]c1=O. The van der Waals surface area contributed by atoms with Crippen molar-refractivity contribution in [3.8, 4) is 17.1 Å². The van der Waals surface area contributed by atoms with Crippen LogP contribution in [0.3, 0.4) is 0 Å². The number of rotatable bonds is 9. The molecule has 2 aromatic rings. The molecular formula is C18H22N4O3. The number of aromatic amines is 1. The summed E-state index contributed by atoms with van der Waals surface area (Å²) in [7, 11) is 0. The first-order valence-electron chi connectivity index (χ1n) is 8.20. The first-order chi connectivity index (χ1) is 12.1. The largest absolute Gasteiger partial charge is 0.494 e. The van der Waals surface area contributed by atoms with E-state index in [1.54, 1.807) is 12.1 Å². The van der Waals surface area contributed by atoms with Crippen molar-refractivity contribution >= 4 is 5.91 Å². The lowest BCUT2D eigenvalue weighted by molar-refractivity contribution is -0.120. The number of hydrogen-bond donors (Lipinski definition) is 2. The van der Waals surface area contributed by atoms with E-state index >= 15 is 0 Å². The van der Waals surface area contributed by atoms with E-state index in [1.165, 1.54) is 0 Å².